The van der Waals surface area contributed by atoms with Gasteiger partial charge in [0.05, 0.1) is 5.69 Å². The first-order valence-electron chi connectivity index (χ1n) is 9.71. The van der Waals surface area contributed by atoms with Crippen LogP contribution in [-0.2, 0) is 13.0 Å². The van der Waals surface area contributed by atoms with Crippen LogP contribution in [0.5, 0.6) is 0 Å². The molecule has 0 amide bonds. The molecule has 0 saturated carbocycles. The van der Waals surface area contributed by atoms with Crippen molar-refractivity contribution >= 4 is 17.6 Å². The van der Waals surface area contributed by atoms with Crippen molar-refractivity contribution in [3.8, 4) is 11.3 Å². The Labute approximate surface area is 169 Å². The van der Waals surface area contributed by atoms with Gasteiger partial charge in [-0.1, -0.05) is 59.8 Å². The lowest BCUT2D eigenvalue weighted by molar-refractivity contribution is 0.400. The Morgan fingerprint density at radius 2 is 1.69 bits per heavy atom. The molecule has 0 saturated heterocycles. The molecule has 1 aliphatic rings. The van der Waals surface area contributed by atoms with Crippen LogP contribution < -0.4 is 10.2 Å². The van der Waals surface area contributed by atoms with Crippen molar-refractivity contribution in [2.75, 3.05) is 16.8 Å². The summed E-state index contributed by atoms with van der Waals surface area (Å²) in [4.78, 5) is 11.9. The van der Waals surface area contributed by atoms with Crippen LogP contribution in [0.15, 0.2) is 71.3 Å². The number of nitrogens with one attached hydrogen (secondary N) is 1. The maximum Gasteiger partial charge on any atom is 0.228 e. The molecule has 1 N–H and O–H groups in total. The number of fused-ring (bicyclic) bond motifs is 1. The normalized spacial score (nSPS) is 13.2. The third-order valence-corrected chi connectivity index (χ3v) is 5.08. The van der Waals surface area contributed by atoms with Crippen LogP contribution in [0.3, 0.4) is 0 Å². The van der Waals surface area contributed by atoms with E-state index >= 15 is 0 Å². The van der Waals surface area contributed by atoms with E-state index in [0.29, 0.717) is 17.6 Å². The number of aromatic nitrogens is 3. The van der Waals surface area contributed by atoms with E-state index in [1.165, 1.54) is 11.1 Å². The number of hydrogen-bond donors (Lipinski definition) is 1. The number of anilines is 3. The number of rotatable bonds is 4. The lowest BCUT2D eigenvalue weighted by Crippen LogP contribution is -2.31. The number of hydrogen-bond acceptors (Lipinski definition) is 6. The van der Waals surface area contributed by atoms with Crippen molar-refractivity contribution in [1.82, 2.24) is 15.1 Å². The van der Waals surface area contributed by atoms with Gasteiger partial charge < -0.3 is 14.7 Å². The molecule has 2 aromatic carbocycles. The Balaban J connectivity index is 1.53. The van der Waals surface area contributed by atoms with Crippen LogP contribution in [0.4, 0.5) is 17.6 Å². The average molecular weight is 383 g/mol. The predicted molar refractivity (Wildman–Crippen MR) is 113 cm³/mol. The topological polar surface area (TPSA) is 67.1 Å². The first-order chi connectivity index (χ1) is 14.2. The minimum atomic E-state index is 0.634. The van der Waals surface area contributed by atoms with Gasteiger partial charge in [0.1, 0.15) is 11.6 Å². The minimum absolute atomic E-state index is 0.634. The molecule has 4 aromatic rings. The monoisotopic (exact) mass is 383 g/mol. The summed E-state index contributed by atoms with van der Waals surface area (Å²) in [5, 5.41) is 7.28. The van der Waals surface area contributed by atoms with Gasteiger partial charge in [0.15, 0.2) is 5.82 Å². The SMILES string of the molecule is Cc1cc(Nc2cc(-c3ccccc3)nc(N3CCc4ccccc4C3)n2)no1. The molecule has 0 aliphatic carbocycles. The van der Waals surface area contributed by atoms with E-state index in [1.54, 1.807) is 0 Å². The smallest absolute Gasteiger partial charge is 0.228 e. The van der Waals surface area contributed by atoms with Gasteiger partial charge >= 0.3 is 0 Å². The fourth-order valence-electron chi connectivity index (χ4n) is 3.62. The Kier molecular flexibility index (Phi) is 4.44. The second-order valence-corrected chi connectivity index (χ2v) is 7.19. The van der Waals surface area contributed by atoms with E-state index in [2.05, 4.69) is 51.8 Å². The molecule has 0 spiro atoms. The van der Waals surface area contributed by atoms with Crippen LogP contribution in [0.2, 0.25) is 0 Å². The largest absolute Gasteiger partial charge is 0.360 e. The number of nitrogens with zero attached hydrogens (tertiary/aromatic N) is 4. The molecule has 0 radical (unpaired) electrons. The second kappa shape index (κ2) is 7.39. The van der Waals surface area contributed by atoms with Gasteiger partial charge in [0, 0.05) is 30.8 Å². The van der Waals surface area contributed by atoms with Crippen molar-refractivity contribution in [2.24, 2.45) is 0 Å². The van der Waals surface area contributed by atoms with Gasteiger partial charge in [-0.15, -0.1) is 0 Å². The van der Waals surface area contributed by atoms with Crippen LogP contribution in [0.25, 0.3) is 11.3 Å². The Hall–Kier alpha value is -3.67. The number of benzene rings is 2. The third-order valence-electron chi connectivity index (χ3n) is 5.08. The molecule has 1 aliphatic heterocycles. The quantitative estimate of drug-likeness (QED) is 0.549. The highest BCUT2D eigenvalue weighted by Crippen LogP contribution is 2.27. The molecule has 0 unspecified atom stereocenters. The van der Waals surface area contributed by atoms with E-state index in [4.69, 9.17) is 14.5 Å². The third kappa shape index (κ3) is 3.69. The van der Waals surface area contributed by atoms with Crippen molar-refractivity contribution in [3.63, 3.8) is 0 Å². The summed E-state index contributed by atoms with van der Waals surface area (Å²) in [7, 11) is 0. The zero-order valence-corrected chi connectivity index (χ0v) is 16.2. The molecule has 6 nitrogen and oxygen atoms in total. The van der Waals surface area contributed by atoms with Crippen molar-refractivity contribution in [3.05, 3.63) is 83.6 Å². The summed E-state index contributed by atoms with van der Waals surface area (Å²) in [6.07, 6.45) is 0.986. The summed E-state index contributed by atoms with van der Waals surface area (Å²) < 4.78 is 5.17. The maximum atomic E-state index is 5.17. The summed E-state index contributed by atoms with van der Waals surface area (Å²) in [6, 6.07) is 22.5. The lowest BCUT2D eigenvalue weighted by atomic mass is 10.0. The van der Waals surface area contributed by atoms with Crippen molar-refractivity contribution in [2.45, 2.75) is 19.9 Å². The molecule has 3 heterocycles. The first-order valence-corrected chi connectivity index (χ1v) is 9.71. The van der Waals surface area contributed by atoms with E-state index in [0.717, 1.165) is 36.5 Å². The molecular weight excluding hydrogens is 362 g/mol. The molecule has 0 atom stereocenters. The highest BCUT2D eigenvalue weighted by molar-refractivity contribution is 5.66. The summed E-state index contributed by atoms with van der Waals surface area (Å²) >= 11 is 0. The molecule has 0 bridgehead atoms. The van der Waals surface area contributed by atoms with Crippen LogP contribution in [0, 0.1) is 6.92 Å². The van der Waals surface area contributed by atoms with Gasteiger partial charge in [-0.25, -0.2) is 4.98 Å². The summed E-state index contributed by atoms with van der Waals surface area (Å²) in [5.41, 5.74) is 4.65. The fourth-order valence-corrected chi connectivity index (χ4v) is 3.62. The Morgan fingerprint density at radius 3 is 2.48 bits per heavy atom. The van der Waals surface area contributed by atoms with Gasteiger partial charge in [-0.05, 0) is 24.5 Å². The average Bonchev–Trinajstić information content (AvgIpc) is 3.18. The predicted octanol–water partition coefficient (Wildman–Crippen LogP) is 4.75. The van der Waals surface area contributed by atoms with Gasteiger partial charge in [0.25, 0.3) is 0 Å². The standard InChI is InChI=1S/C23H21N5O/c1-16-13-22(27-29-16)25-21-14-20(18-8-3-2-4-9-18)24-23(26-21)28-12-11-17-7-5-6-10-19(17)15-28/h2-10,13-14H,11-12,15H2,1H3,(H,24,25,26,27). The molecule has 144 valence electrons. The summed E-state index contributed by atoms with van der Waals surface area (Å²) in [6.45, 7) is 3.55. The lowest BCUT2D eigenvalue weighted by Gasteiger charge is -2.29. The Bertz CT molecular complexity index is 1140. The number of aryl methyl sites for hydroxylation is 1. The Morgan fingerprint density at radius 1 is 0.897 bits per heavy atom. The van der Waals surface area contributed by atoms with Gasteiger partial charge in [-0.3, -0.25) is 0 Å². The highest BCUT2D eigenvalue weighted by atomic mass is 16.5. The zero-order valence-electron chi connectivity index (χ0n) is 16.2. The highest BCUT2D eigenvalue weighted by Gasteiger charge is 2.20. The molecular formula is C23H21N5O. The minimum Gasteiger partial charge on any atom is -0.360 e. The van der Waals surface area contributed by atoms with Gasteiger partial charge in [-0.2, -0.15) is 4.98 Å². The summed E-state index contributed by atoms with van der Waals surface area (Å²) in [5.74, 6) is 2.79. The molecule has 29 heavy (non-hydrogen) atoms. The van der Waals surface area contributed by atoms with E-state index < -0.39 is 0 Å². The van der Waals surface area contributed by atoms with Gasteiger partial charge in [0.2, 0.25) is 5.95 Å². The van der Waals surface area contributed by atoms with E-state index in [-0.39, 0.29) is 0 Å². The van der Waals surface area contributed by atoms with Crippen LogP contribution >= 0.6 is 0 Å². The molecule has 0 fully saturated rings. The zero-order chi connectivity index (χ0) is 19.6. The van der Waals surface area contributed by atoms with Crippen molar-refractivity contribution in [1.29, 1.82) is 0 Å². The molecule has 6 heteroatoms. The van der Waals surface area contributed by atoms with Crippen LogP contribution in [-0.4, -0.2) is 21.7 Å². The first kappa shape index (κ1) is 17.4. The van der Waals surface area contributed by atoms with Crippen LogP contribution in [0.1, 0.15) is 16.9 Å². The second-order valence-electron chi connectivity index (χ2n) is 7.19. The van der Waals surface area contributed by atoms with E-state index in [1.807, 2.05) is 37.3 Å². The van der Waals surface area contributed by atoms with E-state index in [9.17, 15) is 0 Å². The fraction of sp³-hybridized carbons (Fsp3) is 0.174. The molecule has 2 aromatic heterocycles. The molecule has 5 rings (SSSR count). The van der Waals surface area contributed by atoms with Crippen molar-refractivity contribution < 1.29 is 4.52 Å². The maximum absolute atomic E-state index is 5.17.